The van der Waals surface area contributed by atoms with Gasteiger partial charge in [-0.1, -0.05) is 35.9 Å². The van der Waals surface area contributed by atoms with Crippen LogP contribution in [-0.2, 0) is 17.8 Å². The number of carbonyl (C=O) groups excluding carboxylic acids is 2. The minimum Gasteiger partial charge on any atom is -0.481 e. The van der Waals surface area contributed by atoms with Gasteiger partial charge in [0.25, 0.3) is 11.8 Å². The average molecular weight is 462 g/mol. The predicted molar refractivity (Wildman–Crippen MR) is 126 cm³/mol. The lowest BCUT2D eigenvalue weighted by Crippen LogP contribution is -2.41. The summed E-state index contributed by atoms with van der Waals surface area (Å²) in [6.45, 7) is 2.20. The highest BCUT2D eigenvalue weighted by Crippen LogP contribution is 2.38. The van der Waals surface area contributed by atoms with E-state index < -0.39 is 6.10 Å². The Hall–Kier alpha value is -3.38. The van der Waals surface area contributed by atoms with Crippen LogP contribution < -0.4 is 10.1 Å². The second kappa shape index (κ2) is 8.87. The summed E-state index contributed by atoms with van der Waals surface area (Å²) >= 11 is 6.06. The number of ether oxygens (including phenoxy) is 1. The summed E-state index contributed by atoms with van der Waals surface area (Å²) in [6.07, 6.45) is 3.94. The number of benzene rings is 2. The van der Waals surface area contributed by atoms with Crippen LogP contribution in [0.15, 0.2) is 60.8 Å². The van der Waals surface area contributed by atoms with Gasteiger partial charge in [-0.05, 0) is 67.6 Å². The highest BCUT2D eigenvalue weighted by molar-refractivity contribution is 6.33. The number of nitrogens with one attached hydrogen (secondary N) is 1. The van der Waals surface area contributed by atoms with E-state index >= 15 is 0 Å². The maximum absolute atomic E-state index is 13.3. The van der Waals surface area contributed by atoms with Gasteiger partial charge in [0.15, 0.2) is 6.10 Å². The topological polar surface area (TPSA) is 71.5 Å². The van der Waals surface area contributed by atoms with Gasteiger partial charge in [-0.2, -0.15) is 0 Å². The van der Waals surface area contributed by atoms with Crippen LogP contribution in [0, 0.1) is 0 Å². The zero-order valence-electron chi connectivity index (χ0n) is 18.3. The number of aryl methyl sites for hydroxylation is 1. The molecule has 2 heterocycles. The molecule has 33 heavy (non-hydrogen) atoms. The van der Waals surface area contributed by atoms with Crippen molar-refractivity contribution in [2.75, 3.05) is 5.32 Å². The van der Waals surface area contributed by atoms with E-state index in [0.29, 0.717) is 23.5 Å². The molecule has 6 nitrogen and oxygen atoms in total. The molecular formula is C26H24ClN3O3. The summed E-state index contributed by atoms with van der Waals surface area (Å²) in [5, 5.41) is 3.03. The molecule has 0 spiro atoms. The van der Waals surface area contributed by atoms with E-state index in [2.05, 4.69) is 28.5 Å². The number of hydrogen-bond donors (Lipinski definition) is 1. The van der Waals surface area contributed by atoms with E-state index in [9.17, 15) is 9.59 Å². The fourth-order valence-corrected chi connectivity index (χ4v) is 4.91. The first-order valence-corrected chi connectivity index (χ1v) is 11.5. The minimum atomic E-state index is -0.588. The molecule has 0 bridgehead atoms. The first-order chi connectivity index (χ1) is 16.0. The van der Waals surface area contributed by atoms with Crippen LogP contribution in [0.3, 0.4) is 0 Å². The summed E-state index contributed by atoms with van der Waals surface area (Å²) < 4.78 is 6.01. The van der Waals surface area contributed by atoms with Crippen LogP contribution >= 0.6 is 11.6 Å². The van der Waals surface area contributed by atoms with Gasteiger partial charge < -0.3 is 15.0 Å². The van der Waals surface area contributed by atoms with Crippen LogP contribution in [0.4, 0.5) is 5.69 Å². The Morgan fingerprint density at radius 1 is 1.15 bits per heavy atom. The Morgan fingerprint density at radius 3 is 2.85 bits per heavy atom. The molecule has 2 aromatic carbocycles. The smallest absolute Gasteiger partial charge is 0.264 e. The molecule has 0 saturated heterocycles. The largest absolute Gasteiger partial charge is 0.481 e. The van der Waals surface area contributed by atoms with Crippen molar-refractivity contribution < 1.29 is 14.3 Å². The summed E-state index contributed by atoms with van der Waals surface area (Å²) in [4.78, 5) is 31.9. The molecule has 2 aliphatic rings. The molecule has 2 amide bonds. The van der Waals surface area contributed by atoms with Gasteiger partial charge in [-0.25, -0.2) is 4.98 Å². The SMILES string of the molecule is C[C@@H]1Oc2ccc(NC(=O)c3cccnc3Cl)cc2CN([C@H]2CCCc3ccccc32)C1=O. The third-order valence-corrected chi connectivity index (χ3v) is 6.61. The van der Waals surface area contributed by atoms with Crippen molar-refractivity contribution in [3.8, 4) is 5.75 Å². The molecule has 0 radical (unpaired) electrons. The van der Waals surface area contributed by atoms with E-state index in [-0.39, 0.29) is 23.0 Å². The number of fused-ring (bicyclic) bond motifs is 2. The van der Waals surface area contributed by atoms with Gasteiger partial charge in [0.05, 0.1) is 18.2 Å². The lowest BCUT2D eigenvalue weighted by molar-refractivity contribution is -0.140. The molecule has 1 N–H and O–H groups in total. The van der Waals surface area contributed by atoms with Gasteiger partial charge in [-0.3, -0.25) is 9.59 Å². The summed E-state index contributed by atoms with van der Waals surface area (Å²) in [6, 6.07) is 17.1. The Kier molecular flexibility index (Phi) is 5.77. The molecule has 2 atom stereocenters. The molecular weight excluding hydrogens is 438 g/mol. The molecule has 0 saturated carbocycles. The number of amides is 2. The second-order valence-corrected chi connectivity index (χ2v) is 8.81. The number of carbonyl (C=O) groups is 2. The number of halogens is 1. The molecule has 0 unspecified atom stereocenters. The maximum atomic E-state index is 13.3. The summed E-state index contributed by atoms with van der Waals surface area (Å²) in [5.74, 6) is 0.283. The zero-order valence-corrected chi connectivity index (χ0v) is 19.0. The highest BCUT2D eigenvalue weighted by Gasteiger charge is 2.35. The standard InChI is InChI=1S/C26H24ClN3O3/c1-16-26(32)30(22-10-4-7-17-6-2-3-8-20(17)22)15-18-14-19(11-12-23(18)33-16)29-25(31)21-9-5-13-28-24(21)27/h2-3,5-6,8-9,11-14,16,22H,4,7,10,15H2,1H3,(H,29,31)/t16-,22-/m0/s1. The number of hydrogen-bond acceptors (Lipinski definition) is 4. The van der Waals surface area contributed by atoms with Crippen LogP contribution in [0.2, 0.25) is 5.15 Å². The lowest BCUT2D eigenvalue weighted by atomic mass is 9.86. The Morgan fingerprint density at radius 2 is 2.00 bits per heavy atom. The van der Waals surface area contributed by atoms with E-state index in [1.165, 1.54) is 17.3 Å². The van der Waals surface area contributed by atoms with E-state index in [0.717, 1.165) is 24.8 Å². The van der Waals surface area contributed by atoms with Gasteiger partial charge in [0, 0.05) is 17.4 Å². The van der Waals surface area contributed by atoms with Gasteiger partial charge in [-0.15, -0.1) is 0 Å². The monoisotopic (exact) mass is 461 g/mol. The fraction of sp³-hybridized carbons (Fsp3) is 0.269. The van der Waals surface area contributed by atoms with Crippen molar-refractivity contribution in [3.05, 3.63) is 88.2 Å². The maximum Gasteiger partial charge on any atom is 0.264 e. The Labute approximate surface area is 197 Å². The van der Waals surface area contributed by atoms with E-state index in [1.54, 1.807) is 31.2 Å². The average Bonchev–Trinajstić information content (AvgIpc) is 2.95. The van der Waals surface area contributed by atoms with E-state index in [4.69, 9.17) is 16.3 Å². The fourth-order valence-electron chi connectivity index (χ4n) is 4.70. The number of anilines is 1. The van der Waals surface area contributed by atoms with Crippen LogP contribution in [0.1, 0.15) is 52.9 Å². The summed E-state index contributed by atoms with van der Waals surface area (Å²) in [7, 11) is 0. The van der Waals surface area contributed by atoms with Crippen molar-refractivity contribution in [2.24, 2.45) is 0 Å². The van der Waals surface area contributed by atoms with Gasteiger partial charge in [0.1, 0.15) is 10.9 Å². The number of nitrogens with zero attached hydrogens (tertiary/aromatic N) is 2. The number of pyridine rings is 1. The van der Waals surface area contributed by atoms with Crippen molar-refractivity contribution in [1.82, 2.24) is 9.88 Å². The van der Waals surface area contributed by atoms with Crippen molar-refractivity contribution in [1.29, 1.82) is 0 Å². The quantitative estimate of drug-likeness (QED) is 0.546. The van der Waals surface area contributed by atoms with Crippen molar-refractivity contribution in [2.45, 2.75) is 44.9 Å². The predicted octanol–water partition coefficient (Wildman–Crippen LogP) is 5.17. The minimum absolute atomic E-state index is 0.00639. The van der Waals surface area contributed by atoms with Crippen molar-refractivity contribution in [3.63, 3.8) is 0 Å². The zero-order chi connectivity index (χ0) is 22.9. The molecule has 7 heteroatoms. The third-order valence-electron chi connectivity index (χ3n) is 6.31. The van der Waals surface area contributed by atoms with Gasteiger partial charge in [0.2, 0.25) is 0 Å². The van der Waals surface area contributed by atoms with Crippen molar-refractivity contribution >= 4 is 29.1 Å². The van der Waals surface area contributed by atoms with Gasteiger partial charge >= 0.3 is 0 Å². The molecule has 0 fully saturated rings. The molecule has 168 valence electrons. The normalized spacial score (nSPS) is 19.7. The lowest BCUT2D eigenvalue weighted by Gasteiger charge is -2.35. The molecule has 5 rings (SSSR count). The second-order valence-electron chi connectivity index (χ2n) is 8.45. The first kappa shape index (κ1) is 21.5. The number of aromatic nitrogens is 1. The van der Waals surface area contributed by atoms with Crippen LogP contribution in [0.25, 0.3) is 0 Å². The summed E-state index contributed by atoms with van der Waals surface area (Å²) in [5.41, 5.74) is 4.27. The van der Waals surface area contributed by atoms with Crippen LogP contribution in [0.5, 0.6) is 5.75 Å². The molecule has 1 aliphatic heterocycles. The van der Waals surface area contributed by atoms with Crippen LogP contribution in [-0.4, -0.2) is 27.8 Å². The molecule has 1 aromatic heterocycles. The number of rotatable bonds is 3. The molecule has 3 aromatic rings. The Balaban J connectivity index is 1.45. The van der Waals surface area contributed by atoms with E-state index in [1.807, 2.05) is 17.0 Å². The Bertz CT molecular complexity index is 1230. The molecule has 1 aliphatic carbocycles. The first-order valence-electron chi connectivity index (χ1n) is 11.1. The third kappa shape index (κ3) is 4.18. The highest BCUT2D eigenvalue weighted by atomic mass is 35.5.